The lowest BCUT2D eigenvalue weighted by Crippen LogP contribution is -3.00. The van der Waals surface area contributed by atoms with E-state index in [-0.39, 0.29) is 22.9 Å². The van der Waals surface area contributed by atoms with E-state index in [2.05, 4.69) is 0 Å². The van der Waals surface area contributed by atoms with E-state index in [9.17, 15) is 4.79 Å². The summed E-state index contributed by atoms with van der Waals surface area (Å²) in [6.45, 7) is 2.32. The second-order valence-corrected chi connectivity index (χ2v) is 5.17. The van der Waals surface area contributed by atoms with Crippen LogP contribution in [0.5, 0.6) is 0 Å². The van der Waals surface area contributed by atoms with Gasteiger partial charge in [0.05, 0.1) is 5.38 Å². The van der Waals surface area contributed by atoms with Crippen LogP contribution in [0, 0.1) is 0 Å². The van der Waals surface area contributed by atoms with Crippen LogP contribution in [0.15, 0.2) is 17.1 Å². The predicted octanol–water partition coefficient (Wildman–Crippen LogP) is -2.38. The molecule has 1 aliphatic rings. The van der Waals surface area contributed by atoms with Crippen LogP contribution in [0.3, 0.4) is 0 Å². The standard InChI is InChI=1S/C9H13N2OS2.BrH/c12-9(7-10-1-4-14-8-10)11-2-5-13-6-3-11;/h1,4,8H,2-3,5-7H2;1H/q+1;/p-1. The molecule has 0 unspecified atom stereocenters. The Balaban J connectivity index is 0.00000112. The number of carbonyl (C=O) groups is 1. The molecule has 2 rings (SSSR count). The molecule has 0 aromatic carbocycles. The Morgan fingerprint density at radius 3 is 2.73 bits per heavy atom. The second-order valence-electron chi connectivity index (χ2n) is 3.19. The number of thioether (sulfide) groups is 1. The van der Waals surface area contributed by atoms with Gasteiger partial charge in [-0.1, -0.05) is 11.3 Å². The molecule has 0 atom stereocenters. The molecule has 1 aromatic heterocycles. The summed E-state index contributed by atoms with van der Waals surface area (Å²) < 4.78 is 1.94. The lowest BCUT2D eigenvalue weighted by atomic mass is 10.4. The van der Waals surface area contributed by atoms with Crippen molar-refractivity contribution in [3.05, 3.63) is 17.1 Å². The summed E-state index contributed by atoms with van der Waals surface area (Å²) in [4.78, 5) is 13.7. The molecule has 6 heteroatoms. The maximum absolute atomic E-state index is 11.8. The van der Waals surface area contributed by atoms with Crippen molar-refractivity contribution in [3.63, 3.8) is 0 Å². The van der Waals surface area contributed by atoms with E-state index in [1.807, 2.05) is 38.3 Å². The van der Waals surface area contributed by atoms with E-state index in [0.29, 0.717) is 6.54 Å². The normalized spacial score (nSPS) is 15.9. The van der Waals surface area contributed by atoms with Crippen molar-refractivity contribution in [2.24, 2.45) is 0 Å². The molecule has 84 valence electrons. The van der Waals surface area contributed by atoms with Crippen molar-refractivity contribution in [2.45, 2.75) is 6.54 Å². The highest BCUT2D eigenvalue weighted by Crippen LogP contribution is 2.08. The maximum Gasteiger partial charge on any atom is 0.288 e. The highest BCUT2D eigenvalue weighted by molar-refractivity contribution is 7.99. The van der Waals surface area contributed by atoms with Crippen molar-refractivity contribution < 1.29 is 26.3 Å². The first-order valence-electron chi connectivity index (χ1n) is 4.63. The fourth-order valence-electron chi connectivity index (χ4n) is 1.42. The quantitative estimate of drug-likeness (QED) is 0.570. The molecule has 1 amide bonds. The zero-order valence-electron chi connectivity index (χ0n) is 8.26. The third-order valence-corrected chi connectivity index (χ3v) is 3.82. The van der Waals surface area contributed by atoms with Gasteiger partial charge in [-0.25, -0.2) is 0 Å². The summed E-state index contributed by atoms with van der Waals surface area (Å²) in [6, 6.07) is 0. The molecule has 3 nitrogen and oxygen atoms in total. The van der Waals surface area contributed by atoms with Gasteiger partial charge in [0.2, 0.25) is 12.1 Å². The highest BCUT2D eigenvalue weighted by Gasteiger charge is 2.19. The Bertz CT molecular complexity index is 299. The Hall–Kier alpha value is -0.0700. The van der Waals surface area contributed by atoms with Gasteiger partial charge in [-0.05, 0) is 0 Å². The largest absolute Gasteiger partial charge is 1.00 e. The van der Waals surface area contributed by atoms with E-state index < -0.39 is 0 Å². The molecule has 1 fully saturated rings. The average Bonchev–Trinajstić information content (AvgIpc) is 2.72. The van der Waals surface area contributed by atoms with Crippen LogP contribution < -0.4 is 21.5 Å². The zero-order chi connectivity index (χ0) is 9.80. The number of hydrogen-bond donors (Lipinski definition) is 0. The number of rotatable bonds is 2. The van der Waals surface area contributed by atoms with E-state index in [4.69, 9.17) is 0 Å². The minimum atomic E-state index is 0. The number of carbonyl (C=O) groups excluding carboxylic acids is 1. The molecule has 1 aromatic rings. The van der Waals surface area contributed by atoms with Crippen LogP contribution in [0.25, 0.3) is 0 Å². The molecular weight excluding hydrogens is 296 g/mol. The number of amides is 1. The van der Waals surface area contributed by atoms with Crippen molar-refractivity contribution in [3.8, 4) is 0 Å². The first-order chi connectivity index (χ1) is 6.86. The van der Waals surface area contributed by atoms with Gasteiger partial charge < -0.3 is 21.9 Å². The van der Waals surface area contributed by atoms with Crippen LogP contribution in [-0.4, -0.2) is 35.4 Å². The lowest BCUT2D eigenvalue weighted by Gasteiger charge is -2.24. The molecule has 0 saturated carbocycles. The van der Waals surface area contributed by atoms with Crippen LogP contribution in [0.2, 0.25) is 0 Å². The number of halogens is 1. The minimum absolute atomic E-state index is 0. The third-order valence-electron chi connectivity index (χ3n) is 2.21. The van der Waals surface area contributed by atoms with Crippen molar-refractivity contribution in [2.75, 3.05) is 24.6 Å². The Morgan fingerprint density at radius 2 is 2.13 bits per heavy atom. The summed E-state index contributed by atoms with van der Waals surface area (Å²) >= 11 is 3.54. The van der Waals surface area contributed by atoms with Gasteiger partial charge in [0.25, 0.3) is 5.91 Å². The van der Waals surface area contributed by atoms with Crippen LogP contribution in [-0.2, 0) is 11.3 Å². The Kier molecular flexibility index (Phi) is 5.63. The molecule has 0 spiro atoms. The van der Waals surface area contributed by atoms with Gasteiger partial charge in [-0.2, -0.15) is 16.3 Å². The molecule has 2 heterocycles. The van der Waals surface area contributed by atoms with Crippen LogP contribution in [0.4, 0.5) is 0 Å². The summed E-state index contributed by atoms with van der Waals surface area (Å²) in [6.07, 6.45) is 1.95. The summed E-state index contributed by atoms with van der Waals surface area (Å²) in [5, 5.41) is 1.99. The monoisotopic (exact) mass is 308 g/mol. The zero-order valence-corrected chi connectivity index (χ0v) is 11.5. The Labute approximate surface area is 108 Å². The van der Waals surface area contributed by atoms with Gasteiger partial charge >= 0.3 is 0 Å². The molecule has 0 bridgehead atoms. The number of thiazole rings is 1. The van der Waals surface area contributed by atoms with Gasteiger partial charge in [0.1, 0.15) is 0 Å². The van der Waals surface area contributed by atoms with Crippen LogP contribution >= 0.6 is 23.1 Å². The van der Waals surface area contributed by atoms with Crippen molar-refractivity contribution >= 4 is 29.0 Å². The van der Waals surface area contributed by atoms with E-state index in [0.717, 1.165) is 24.6 Å². The number of aromatic nitrogens is 1. The first-order valence-corrected chi connectivity index (χ1v) is 6.73. The average molecular weight is 309 g/mol. The molecule has 0 N–H and O–H groups in total. The number of nitrogens with zero attached hydrogens (tertiary/aromatic N) is 2. The fraction of sp³-hybridized carbons (Fsp3) is 0.556. The summed E-state index contributed by atoms with van der Waals surface area (Å²) in [5.41, 5.74) is 1.97. The molecule has 0 radical (unpaired) electrons. The highest BCUT2D eigenvalue weighted by atomic mass is 79.9. The molecule has 15 heavy (non-hydrogen) atoms. The predicted molar refractivity (Wildman–Crippen MR) is 58.4 cm³/mol. The molecule has 0 aliphatic carbocycles. The third kappa shape index (κ3) is 3.77. The van der Waals surface area contributed by atoms with E-state index in [1.165, 1.54) is 0 Å². The summed E-state index contributed by atoms with van der Waals surface area (Å²) in [7, 11) is 0. The van der Waals surface area contributed by atoms with Crippen molar-refractivity contribution in [1.82, 2.24) is 4.90 Å². The van der Waals surface area contributed by atoms with Gasteiger partial charge in [0.15, 0.2) is 6.20 Å². The fourth-order valence-corrected chi connectivity index (χ4v) is 2.92. The Morgan fingerprint density at radius 1 is 1.40 bits per heavy atom. The SMILES string of the molecule is O=C(C[n+]1ccsc1)N1CCSCC1.[Br-]. The minimum Gasteiger partial charge on any atom is -1.00 e. The van der Waals surface area contributed by atoms with E-state index in [1.54, 1.807) is 11.3 Å². The molecular formula is C9H13BrN2OS2. The maximum atomic E-state index is 11.8. The first kappa shape index (κ1) is 13.0. The van der Waals surface area contributed by atoms with Gasteiger partial charge in [-0.3, -0.25) is 4.79 Å². The van der Waals surface area contributed by atoms with Gasteiger partial charge in [0, 0.05) is 24.6 Å². The molecule has 1 aliphatic heterocycles. The van der Waals surface area contributed by atoms with Crippen molar-refractivity contribution in [1.29, 1.82) is 0 Å². The van der Waals surface area contributed by atoms with Crippen LogP contribution in [0.1, 0.15) is 0 Å². The van der Waals surface area contributed by atoms with Gasteiger partial charge in [-0.15, -0.1) is 0 Å². The second kappa shape index (κ2) is 6.50. The summed E-state index contributed by atoms with van der Waals surface area (Å²) in [5.74, 6) is 2.41. The smallest absolute Gasteiger partial charge is 0.288 e. The molecule has 1 saturated heterocycles. The number of hydrogen-bond acceptors (Lipinski definition) is 3. The lowest BCUT2D eigenvalue weighted by molar-refractivity contribution is -0.680. The topological polar surface area (TPSA) is 24.2 Å². The van der Waals surface area contributed by atoms with E-state index >= 15 is 0 Å².